The zero-order valence-electron chi connectivity index (χ0n) is 11.7. The number of nitrogens with one attached hydrogen (secondary N) is 1. The van der Waals surface area contributed by atoms with E-state index in [2.05, 4.69) is 29.6 Å². The third-order valence-corrected chi connectivity index (χ3v) is 4.90. The summed E-state index contributed by atoms with van der Waals surface area (Å²) in [4.78, 5) is 2.40. The van der Waals surface area contributed by atoms with Crippen molar-refractivity contribution in [3.8, 4) is 5.75 Å². The number of thiocarbonyl (C=S) groups is 1. The summed E-state index contributed by atoms with van der Waals surface area (Å²) in [5.41, 5.74) is 0. The molecule has 0 saturated heterocycles. The highest BCUT2D eigenvalue weighted by Crippen LogP contribution is 2.22. The van der Waals surface area contributed by atoms with Gasteiger partial charge in [0.2, 0.25) is 0 Å². The normalized spacial score (nSPS) is 10.1. The Bertz CT molecular complexity index is 557. The molecule has 110 valence electrons. The van der Waals surface area contributed by atoms with E-state index in [1.165, 1.54) is 4.90 Å². The van der Waals surface area contributed by atoms with Crippen molar-refractivity contribution in [1.29, 1.82) is 0 Å². The summed E-state index contributed by atoms with van der Waals surface area (Å²) in [5, 5.41) is 3.27. The van der Waals surface area contributed by atoms with E-state index in [9.17, 15) is 0 Å². The van der Waals surface area contributed by atoms with Crippen molar-refractivity contribution in [2.75, 3.05) is 19.4 Å². The first-order chi connectivity index (χ1) is 10.3. The van der Waals surface area contributed by atoms with Crippen LogP contribution in [-0.4, -0.2) is 23.7 Å². The number of ether oxygens (including phenoxy) is 1. The van der Waals surface area contributed by atoms with E-state index < -0.39 is 0 Å². The second kappa shape index (κ2) is 8.97. The molecule has 0 aromatic heterocycles. The topological polar surface area (TPSA) is 21.3 Å². The lowest BCUT2D eigenvalue weighted by Crippen LogP contribution is -2.20. The summed E-state index contributed by atoms with van der Waals surface area (Å²) in [6.07, 6.45) is 0. The van der Waals surface area contributed by atoms with Crippen molar-refractivity contribution in [3.63, 3.8) is 0 Å². The Morgan fingerprint density at radius 3 is 2.43 bits per heavy atom. The molecular formula is C16H17NOS3. The predicted molar refractivity (Wildman–Crippen MR) is 96.6 cm³/mol. The lowest BCUT2D eigenvalue weighted by molar-refractivity contribution is 0.414. The van der Waals surface area contributed by atoms with Gasteiger partial charge in [-0.1, -0.05) is 42.2 Å². The van der Waals surface area contributed by atoms with Gasteiger partial charge in [0.05, 0.1) is 7.11 Å². The number of thioether (sulfide) groups is 2. The van der Waals surface area contributed by atoms with E-state index in [-0.39, 0.29) is 0 Å². The molecule has 0 amide bonds. The highest BCUT2D eigenvalue weighted by atomic mass is 32.2. The Labute approximate surface area is 139 Å². The highest BCUT2D eigenvalue weighted by Gasteiger charge is 2.01. The minimum absolute atomic E-state index is 0.800. The van der Waals surface area contributed by atoms with E-state index >= 15 is 0 Å². The Balaban J connectivity index is 1.67. The van der Waals surface area contributed by atoms with Gasteiger partial charge in [0.1, 0.15) is 10.1 Å². The Morgan fingerprint density at radius 2 is 1.76 bits per heavy atom. The minimum atomic E-state index is 0.800. The maximum Gasteiger partial charge on any atom is 0.138 e. The van der Waals surface area contributed by atoms with Gasteiger partial charge in [-0.15, -0.1) is 11.8 Å². The average molecular weight is 336 g/mol. The van der Waals surface area contributed by atoms with Crippen molar-refractivity contribution in [2.24, 2.45) is 0 Å². The van der Waals surface area contributed by atoms with E-state index in [1.54, 1.807) is 18.9 Å². The van der Waals surface area contributed by atoms with Gasteiger partial charge in [0, 0.05) is 22.1 Å². The Hall–Kier alpha value is -1.17. The SMILES string of the molecule is COc1ccc(SC(=S)NCCSc2ccccc2)cc1. The van der Waals surface area contributed by atoms with Gasteiger partial charge < -0.3 is 10.1 Å². The molecular weight excluding hydrogens is 318 g/mol. The molecule has 0 bridgehead atoms. The van der Waals surface area contributed by atoms with Gasteiger partial charge in [-0.3, -0.25) is 0 Å². The lowest BCUT2D eigenvalue weighted by Gasteiger charge is -2.08. The van der Waals surface area contributed by atoms with Crippen LogP contribution in [-0.2, 0) is 0 Å². The number of methoxy groups -OCH3 is 1. The molecule has 0 aliphatic heterocycles. The van der Waals surface area contributed by atoms with Crippen LogP contribution in [0, 0.1) is 0 Å². The highest BCUT2D eigenvalue weighted by molar-refractivity contribution is 8.23. The van der Waals surface area contributed by atoms with Crippen molar-refractivity contribution < 1.29 is 4.74 Å². The second-order valence-corrected chi connectivity index (χ2v) is 7.07. The van der Waals surface area contributed by atoms with Gasteiger partial charge >= 0.3 is 0 Å². The fraction of sp³-hybridized carbons (Fsp3) is 0.188. The van der Waals surface area contributed by atoms with Gasteiger partial charge in [0.25, 0.3) is 0 Å². The number of hydrogen-bond acceptors (Lipinski definition) is 4. The first-order valence-corrected chi connectivity index (χ1v) is 8.76. The van der Waals surface area contributed by atoms with Crippen LogP contribution < -0.4 is 10.1 Å². The molecule has 0 atom stereocenters. The molecule has 0 spiro atoms. The molecule has 1 N–H and O–H groups in total. The van der Waals surface area contributed by atoms with E-state index in [0.717, 1.165) is 27.3 Å². The molecule has 0 radical (unpaired) electrons. The van der Waals surface area contributed by atoms with Crippen LogP contribution in [0.4, 0.5) is 0 Å². The quantitative estimate of drug-likeness (QED) is 0.477. The van der Waals surface area contributed by atoms with Crippen LogP contribution in [0.15, 0.2) is 64.4 Å². The van der Waals surface area contributed by atoms with Gasteiger partial charge in [0.15, 0.2) is 0 Å². The summed E-state index contributed by atoms with van der Waals surface area (Å²) < 4.78 is 5.93. The van der Waals surface area contributed by atoms with Crippen LogP contribution in [0.2, 0.25) is 0 Å². The molecule has 2 rings (SSSR count). The van der Waals surface area contributed by atoms with Gasteiger partial charge in [-0.05, 0) is 36.4 Å². The Kier molecular flexibility index (Phi) is 6.92. The van der Waals surface area contributed by atoms with E-state index in [4.69, 9.17) is 17.0 Å². The maximum atomic E-state index is 5.34. The largest absolute Gasteiger partial charge is 0.497 e. The summed E-state index contributed by atoms with van der Waals surface area (Å²) >= 11 is 8.73. The fourth-order valence-electron chi connectivity index (χ4n) is 1.63. The number of hydrogen-bond donors (Lipinski definition) is 1. The van der Waals surface area contributed by atoms with Crippen LogP contribution >= 0.6 is 35.7 Å². The monoisotopic (exact) mass is 335 g/mol. The van der Waals surface area contributed by atoms with Gasteiger partial charge in [-0.25, -0.2) is 0 Å². The molecule has 21 heavy (non-hydrogen) atoms. The lowest BCUT2D eigenvalue weighted by atomic mass is 10.3. The summed E-state index contributed by atoms with van der Waals surface area (Å²) in [6.45, 7) is 0.863. The first-order valence-electron chi connectivity index (χ1n) is 6.55. The fourth-order valence-corrected chi connectivity index (χ4v) is 3.47. The molecule has 0 aliphatic rings. The average Bonchev–Trinajstić information content (AvgIpc) is 2.53. The third-order valence-electron chi connectivity index (χ3n) is 2.65. The van der Waals surface area contributed by atoms with E-state index in [0.29, 0.717) is 0 Å². The van der Waals surface area contributed by atoms with Crippen LogP contribution in [0.1, 0.15) is 0 Å². The smallest absolute Gasteiger partial charge is 0.138 e. The molecule has 2 nitrogen and oxygen atoms in total. The predicted octanol–water partition coefficient (Wildman–Crippen LogP) is 4.45. The van der Waals surface area contributed by atoms with Crippen LogP contribution in [0.5, 0.6) is 5.75 Å². The number of rotatable bonds is 6. The van der Waals surface area contributed by atoms with Crippen LogP contribution in [0.25, 0.3) is 0 Å². The zero-order valence-corrected chi connectivity index (χ0v) is 14.2. The Morgan fingerprint density at radius 1 is 1.05 bits per heavy atom. The zero-order chi connectivity index (χ0) is 14.9. The molecule has 5 heteroatoms. The van der Waals surface area contributed by atoms with Gasteiger partial charge in [-0.2, -0.15) is 0 Å². The molecule has 0 fully saturated rings. The van der Waals surface area contributed by atoms with Crippen LogP contribution in [0.3, 0.4) is 0 Å². The standard InChI is InChI=1S/C16H17NOS3/c1-18-13-7-9-15(10-8-13)21-16(19)17-11-12-20-14-5-3-2-4-6-14/h2-10H,11-12H2,1H3,(H,17,19). The summed E-state index contributed by atoms with van der Waals surface area (Å²) in [5.74, 6) is 1.85. The molecule has 0 saturated carbocycles. The number of benzene rings is 2. The third kappa shape index (κ3) is 5.99. The minimum Gasteiger partial charge on any atom is -0.497 e. The molecule has 2 aromatic rings. The summed E-state index contributed by atoms with van der Waals surface area (Å²) in [7, 11) is 1.67. The first kappa shape index (κ1) is 16.2. The molecule has 2 aromatic carbocycles. The maximum absolute atomic E-state index is 5.34. The molecule has 0 aliphatic carbocycles. The van der Waals surface area contributed by atoms with Crippen molar-refractivity contribution in [3.05, 3.63) is 54.6 Å². The summed E-state index contributed by atoms with van der Waals surface area (Å²) in [6, 6.07) is 18.3. The van der Waals surface area contributed by atoms with Crippen molar-refractivity contribution in [1.82, 2.24) is 5.32 Å². The van der Waals surface area contributed by atoms with E-state index in [1.807, 2.05) is 42.1 Å². The molecule has 0 heterocycles. The van der Waals surface area contributed by atoms with Crippen molar-refractivity contribution in [2.45, 2.75) is 9.79 Å². The second-order valence-electron chi connectivity index (χ2n) is 4.15. The molecule has 0 unspecified atom stereocenters. The van der Waals surface area contributed by atoms with Crippen molar-refractivity contribution >= 4 is 40.1 Å².